The predicted molar refractivity (Wildman–Crippen MR) is 268 cm³/mol. The van der Waals surface area contributed by atoms with E-state index >= 15 is 0 Å². The van der Waals surface area contributed by atoms with Gasteiger partial charge in [0.25, 0.3) is 0 Å². The molecule has 65 heavy (non-hydrogen) atoms. The van der Waals surface area contributed by atoms with E-state index < -0.39 is 0 Å². The van der Waals surface area contributed by atoms with Crippen LogP contribution in [-0.2, 0) is 5.41 Å². The molecule has 0 saturated carbocycles. The Labute approximate surface area is 373 Å². The third-order valence-electron chi connectivity index (χ3n) is 14.0. The summed E-state index contributed by atoms with van der Waals surface area (Å²) in [7, 11) is 0. The maximum absolute atomic E-state index is 6.44. The fourth-order valence-electron chi connectivity index (χ4n) is 11.0. The highest BCUT2D eigenvalue weighted by molar-refractivity contribution is 6.33. The van der Waals surface area contributed by atoms with Crippen molar-refractivity contribution in [2.75, 3.05) is 0 Å². The number of benzene rings is 10. The maximum atomic E-state index is 6.44. The lowest BCUT2D eigenvalue weighted by atomic mass is 9.82. The van der Waals surface area contributed by atoms with Gasteiger partial charge in [-0.1, -0.05) is 178 Å². The number of hydrogen-bond donors (Lipinski definition) is 0. The molecule has 5 nitrogen and oxygen atoms in total. The number of para-hydroxylation sites is 2. The zero-order valence-corrected chi connectivity index (χ0v) is 35.7. The zero-order chi connectivity index (χ0) is 43.0. The predicted octanol–water partition coefficient (Wildman–Crippen LogP) is 15.6. The fourth-order valence-corrected chi connectivity index (χ4v) is 11.0. The molecule has 13 aromatic rings. The topological polar surface area (TPSA) is 56.7 Å². The number of furan rings is 1. The van der Waals surface area contributed by atoms with Crippen molar-refractivity contribution in [1.29, 1.82) is 0 Å². The number of aromatic nitrogens is 4. The lowest BCUT2D eigenvalue weighted by molar-refractivity contribution is 0.660. The lowest BCUT2D eigenvalue weighted by Gasteiger charge is -2.21. The molecule has 3 heterocycles. The van der Waals surface area contributed by atoms with E-state index in [0.717, 1.165) is 76.8 Å². The molecule has 3 aromatic heterocycles. The van der Waals surface area contributed by atoms with Crippen LogP contribution in [0.1, 0.15) is 25.0 Å². The Balaban J connectivity index is 1.12. The van der Waals surface area contributed by atoms with Gasteiger partial charge in [-0.05, 0) is 85.1 Å². The molecular weight excluding hydrogens is 793 g/mol. The molecule has 0 radical (unpaired) electrons. The van der Waals surface area contributed by atoms with Gasteiger partial charge >= 0.3 is 0 Å². The highest BCUT2D eigenvalue weighted by Crippen LogP contribution is 2.51. The zero-order valence-electron chi connectivity index (χ0n) is 35.7. The van der Waals surface area contributed by atoms with E-state index in [1.165, 1.54) is 43.8 Å². The van der Waals surface area contributed by atoms with Gasteiger partial charge in [-0.15, -0.1) is 0 Å². The monoisotopic (exact) mass is 830 g/mol. The van der Waals surface area contributed by atoms with Crippen molar-refractivity contribution in [3.05, 3.63) is 205 Å². The molecule has 0 N–H and O–H groups in total. The molecule has 0 atom stereocenters. The highest BCUT2D eigenvalue weighted by Gasteiger charge is 2.35. The second-order valence-corrected chi connectivity index (χ2v) is 17.9. The van der Waals surface area contributed by atoms with E-state index in [1.807, 2.05) is 12.1 Å². The third kappa shape index (κ3) is 5.18. The van der Waals surface area contributed by atoms with Crippen LogP contribution < -0.4 is 0 Å². The first-order chi connectivity index (χ1) is 32.0. The summed E-state index contributed by atoms with van der Waals surface area (Å²) < 4.78 is 8.77. The number of hydrogen-bond acceptors (Lipinski definition) is 4. The van der Waals surface area contributed by atoms with E-state index in [2.05, 4.69) is 200 Å². The smallest absolute Gasteiger partial charge is 0.238 e. The summed E-state index contributed by atoms with van der Waals surface area (Å²) in [5.41, 5.74) is 12.9. The molecule has 0 fully saturated rings. The summed E-state index contributed by atoms with van der Waals surface area (Å²) in [6.07, 6.45) is 0. The second-order valence-electron chi connectivity index (χ2n) is 17.9. The molecule has 0 spiro atoms. The van der Waals surface area contributed by atoms with Gasteiger partial charge in [-0.2, -0.15) is 9.97 Å². The van der Waals surface area contributed by atoms with E-state index in [-0.39, 0.29) is 5.41 Å². The summed E-state index contributed by atoms with van der Waals surface area (Å²) in [4.78, 5) is 16.3. The van der Waals surface area contributed by atoms with Gasteiger partial charge in [0.1, 0.15) is 11.2 Å². The van der Waals surface area contributed by atoms with E-state index in [1.54, 1.807) is 0 Å². The Morgan fingerprint density at radius 1 is 0.385 bits per heavy atom. The lowest BCUT2D eigenvalue weighted by Crippen LogP contribution is -2.14. The molecule has 304 valence electrons. The van der Waals surface area contributed by atoms with Crippen LogP contribution in [0.4, 0.5) is 0 Å². The molecule has 5 heteroatoms. The molecule has 0 unspecified atom stereocenters. The van der Waals surface area contributed by atoms with Crippen molar-refractivity contribution >= 4 is 76.1 Å². The summed E-state index contributed by atoms with van der Waals surface area (Å²) in [6, 6.07) is 69.6. The molecule has 1 aliphatic carbocycles. The first-order valence-electron chi connectivity index (χ1n) is 22.3. The molecular formula is C60H38N4O. The van der Waals surface area contributed by atoms with Gasteiger partial charge < -0.3 is 4.42 Å². The Morgan fingerprint density at radius 2 is 0.985 bits per heavy atom. The van der Waals surface area contributed by atoms with Gasteiger partial charge in [-0.3, -0.25) is 4.57 Å². The Hall–Kier alpha value is -8.41. The Kier molecular flexibility index (Phi) is 7.39. The standard InChI is InChI=1S/C60H38N4O/c1-60(2)50-24-11-9-18-43(50)49-33-37(29-31-51(49)60)40-22-13-23-48-54-46-20-7-5-16-41(46)42-17-6-8-21-47(42)56(54)64(55(40)48)59-62-57(38-27-26-35-14-3-4-15-36(35)32-38)61-58(63-59)39-28-30-45-44-19-10-12-25-52(44)65-53(45)34-39/h3-34H,1-2H3. The summed E-state index contributed by atoms with van der Waals surface area (Å²) in [6.45, 7) is 4.67. The quantitative estimate of drug-likeness (QED) is 0.166. The fraction of sp³-hybridized carbons (Fsp3) is 0.0500. The average Bonchev–Trinajstić information content (AvgIpc) is 3.99. The summed E-state index contributed by atoms with van der Waals surface area (Å²) in [5.74, 6) is 1.70. The first kappa shape index (κ1) is 36.1. The Morgan fingerprint density at radius 3 is 1.83 bits per heavy atom. The highest BCUT2D eigenvalue weighted by atomic mass is 16.3. The van der Waals surface area contributed by atoms with Gasteiger partial charge in [0.2, 0.25) is 5.95 Å². The van der Waals surface area contributed by atoms with E-state index in [4.69, 9.17) is 19.4 Å². The van der Waals surface area contributed by atoms with Crippen LogP contribution in [0.3, 0.4) is 0 Å². The molecule has 0 saturated heterocycles. The SMILES string of the molecule is CC1(C)c2ccccc2-c2cc(-c3cccc4c5c6ccccc6c6ccccc6c5n(-c5nc(-c6ccc7ccccc7c6)nc(-c6ccc7c(c6)oc6ccccc67)n5)c34)ccc21. The molecule has 0 amide bonds. The normalized spacial score (nSPS) is 13.2. The largest absolute Gasteiger partial charge is 0.456 e. The molecule has 0 bridgehead atoms. The molecule has 0 aliphatic heterocycles. The van der Waals surface area contributed by atoms with Crippen LogP contribution in [0, 0.1) is 0 Å². The number of nitrogens with zero attached hydrogens (tertiary/aromatic N) is 4. The van der Waals surface area contributed by atoms with Crippen molar-refractivity contribution in [3.8, 4) is 51.0 Å². The third-order valence-corrected chi connectivity index (χ3v) is 14.0. The van der Waals surface area contributed by atoms with Crippen LogP contribution in [0.25, 0.3) is 127 Å². The minimum atomic E-state index is -0.102. The van der Waals surface area contributed by atoms with Crippen LogP contribution >= 0.6 is 0 Å². The van der Waals surface area contributed by atoms with Crippen molar-refractivity contribution in [2.24, 2.45) is 0 Å². The molecule has 14 rings (SSSR count). The van der Waals surface area contributed by atoms with Crippen molar-refractivity contribution in [3.63, 3.8) is 0 Å². The van der Waals surface area contributed by atoms with Gasteiger partial charge in [-0.25, -0.2) is 4.98 Å². The number of fused-ring (bicyclic) bond motifs is 15. The van der Waals surface area contributed by atoms with Gasteiger partial charge in [0.15, 0.2) is 11.6 Å². The maximum Gasteiger partial charge on any atom is 0.238 e. The van der Waals surface area contributed by atoms with Crippen LogP contribution in [0.5, 0.6) is 0 Å². The van der Waals surface area contributed by atoms with Crippen molar-refractivity contribution < 1.29 is 4.42 Å². The van der Waals surface area contributed by atoms with Crippen LogP contribution in [0.15, 0.2) is 199 Å². The minimum absolute atomic E-state index is 0.102. The summed E-state index contributed by atoms with van der Waals surface area (Å²) in [5, 5.41) is 11.4. The molecule has 10 aromatic carbocycles. The minimum Gasteiger partial charge on any atom is -0.456 e. The van der Waals surface area contributed by atoms with Gasteiger partial charge in [0, 0.05) is 49.0 Å². The first-order valence-corrected chi connectivity index (χ1v) is 22.3. The van der Waals surface area contributed by atoms with Gasteiger partial charge in [0.05, 0.1) is 11.0 Å². The Bertz CT molecular complexity index is 4170. The average molecular weight is 831 g/mol. The van der Waals surface area contributed by atoms with E-state index in [9.17, 15) is 0 Å². The number of rotatable bonds is 4. The van der Waals surface area contributed by atoms with Crippen molar-refractivity contribution in [2.45, 2.75) is 19.3 Å². The molecule has 1 aliphatic rings. The second kappa shape index (κ2) is 13.3. The summed E-state index contributed by atoms with van der Waals surface area (Å²) >= 11 is 0. The van der Waals surface area contributed by atoms with E-state index in [0.29, 0.717) is 17.6 Å². The van der Waals surface area contributed by atoms with Crippen LogP contribution in [0.2, 0.25) is 0 Å². The van der Waals surface area contributed by atoms with Crippen molar-refractivity contribution in [1.82, 2.24) is 19.5 Å². The van der Waals surface area contributed by atoms with Crippen LogP contribution in [-0.4, -0.2) is 19.5 Å².